The van der Waals surface area contributed by atoms with Gasteiger partial charge in [0.15, 0.2) is 11.4 Å². The van der Waals surface area contributed by atoms with E-state index in [2.05, 4.69) is 9.97 Å². The number of carbonyl (C=O) groups excluding carboxylic acids is 1. The minimum atomic E-state index is -0.511. The van der Waals surface area contributed by atoms with E-state index in [0.29, 0.717) is 74.4 Å². The molecule has 0 saturated carbocycles. The average Bonchev–Trinajstić information content (AvgIpc) is 3.25. The van der Waals surface area contributed by atoms with Gasteiger partial charge in [0.05, 0.1) is 11.8 Å². The van der Waals surface area contributed by atoms with Crippen LogP contribution in [-0.2, 0) is 4.74 Å². The van der Waals surface area contributed by atoms with Gasteiger partial charge >= 0.3 is 6.09 Å². The van der Waals surface area contributed by atoms with E-state index in [9.17, 15) is 9.90 Å². The van der Waals surface area contributed by atoms with Crippen LogP contribution in [0.5, 0.6) is 0 Å². The summed E-state index contributed by atoms with van der Waals surface area (Å²) in [5, 5.41) is 9.77. The molecular weight excluding hydrogens is 376 g/mol. The molecule has 2 aliphatic heterocycles. The molecule has 4 heterocycles. The Balaban J connectivity index is 1.46. The number of nitrogens with zero attached hydrogens (tertiary/aromatic N) is 5. The van der Waals surface area contributed by atoms with Crippen molar-refractivity contribution >= 4 is 34.8 Å². The second-order valence-electron chi connectivity index (χ2n) is 8.56. The number of ether oxygens (including phenoxy) is 1. The van der Waals surface area contributed by atoms with Gasteiger partial charge in [-0.2, -0.15) is 4.98 Å². The predicted molar refractivity (Wildman–Crippen MR) is 109 cm³/mol. The van der Waals surface area contributed by atoms with Crippen molar-refractivity contribution < 1.29 is 19.1 Å². The van der Waals surface area contributed by atoms with Crippen molar-refractivity contribution in [2.24, 2.45) is 0 Å². The highest BCUT2D eigenvalue weighted by atomic mass is 16.6. The lowest BCUT2D eigenvalue weighted by atomic mass is 10.2. The maximum atomic E-state index is 12.2. The largest absolute Gasteiger partial charge is 0.444 e. The quantitative estimate of drug-likeness (QED) is 0.765. The molecule has 2 fully saturated rings. The van der Waals surface area contributed by atoms with E-state index in [4.69, 9.17) is 14.9 Å². The van der Waals surface area contributed by atoms with Crippen molar-refractivity contribution in [1.29, 1.82) is 0 Å². The minimum Gasteiger partial charge on any atom is -0.444 e. The van der Waals surface area contributed by atoms with E-state index in [1.807, 2.05) is 30.6 Å². The number of β-amino-alcohol motifs (C(OH)–C–C–N with tert-alkyl or cyclic N) is 1. The number of nitrogens with two attached hydrogens (primary N) is 1. The molecule has 0 bridgehead atoms. The normalized spacial score (nSPS) is 20.6. The maximum absolute atomic E-state index is 12.2. The maximum Gasteiger partial charge on any atom is 0.410 e. The zero-order chi connectivity index (χ0) is 20.8. The molecule has 10 heteroatoms. The number of oxazole rings is 1. The van der Waals surface area contributed by atoms with E-state index in [0.717, 1.165) is 0 Å². The monoisotopic (exact) mass is 404 g/mol. The zero-order valence-electron chi connectivity index (χ0n) is 17.1. The average molecular weight is 404 g/mol. The fraction of sp³-hybridized carbons (Fsp3) is 0.632. The first-order chi connectivity index (χ1) is 13.7. The summed E-state index contributed by atoms with van der Waals surface area (Å²) in [5.41, 5.74) is 7.16. The number of fused-ring (bicyclic) bond motifs is 1. The Bertz CT molecular complexity index is 900. The molecule has 1 amide bonds. The van der Waals surface area contributed by atoms with Crippen molar-refractivity contribution in [3.8, 4) is 0 Å². The van der Waals surface area contributed by atoms with Crippen LogP contribution in [0.15, 0.2) is 10.5 Å². The fourth-order valence-corrected chi connectivity index (χ4v) is 3.59. The molecule has 2 aromatic heterocycles. The highest BCUT2D eigenvalue weighted by Gasteiger charge is 2.28. The van der Waals surface area contributed by atoms with Crippen molar-refractivity contribution in [2.75, 3.05) is 54.8 Å². The number of carbonyl (C=O) groups is 1. The van der Waals surface area contributed by atoms with Gasteiger partial charge < -0.3 is 34.7 Å². The van der Waals surface area contributed by atoms with Crippen LogP contribution >= 0.6 is 0 Å². The van der Waals surface area contributed by atoms with Gasteiger partial charge in [0.25, 0.3) is 6.01 Å². The van der Waals surface area contributed by atoms with Gasteiger partial charge in [-0.25, -0.2) is 9.78 Å². The first-order valence-corrected chi connectivity index (χ1v) is 9.92. The molecule has 0 radical (unpaired) electrons. The van der Waals surface area contributed by atoms with Crippen molar-refractivity contribution in [1.82, 2.24) is 14.9 Å². The highest BCUT2D eigenvalue weighted by Crippen LogP contribution is 2.30. The summed E-state index contributed by atoms with van der Waals surface area (Å²) < 4.78 is 11.3. The summed E-state index contributed by atoms with van der Waals surface area (Å²) in [6.45, 7) is 9.03. The third-order valence-corrected chi connectivity index (χ3v) is 5.04. The molecule has 4 rings (SSSR count). The third-order valence-electron chi connectivity index (χ3n) is 5.04. The summed E-state index contributed by atoms with van der Waals surface area (Å²) in [5.74, 6) is 0.628. The van der Waals surface area contributed by atoms with Crippen molar-refractivity contribution in [2.45, 2.75) is 38.9 Å². The van der Waals surface area contributed by atoms with Crippen LogP contribution < -0.4 is 15.5 Å². The number of rotatable bonds is 2. The molecular formula is C19H28N6O4. The van der Waals surface area contributed by atoms with Crippen LogP contribution in [0.25, 0.3) is 11.2 Å². The number of nitrogen functional groups attached to an aromatic ring is 1. The summed E-state index contributed by atoms with van der Waals surface area (Å²) in [4.78, 5) is 27.0. The second-order valence-corrected chi connectivity index (χ2v) is 8.56. The second kappa shape index (κ2) is 7.25. The Morgan fingerprint density at radius 2 is 1.93 bits per heavy atom. The van der Waals surface area contributed by atoms with Crippen molar-refractivity contribution in [3.05, 3.63) is 6.07 Å². The molecule has 0 aliphatic carbocycles. The summed E-state index contributed by atoms with van der Waals surface area (Å²) in [6.07, 6.45) is 0.0353. The number of amides is 1. The van der Waals surface area contributed by atoms with E-state index in [1.54, 1.807) is 11.0 Å². The molecule has 3 N–H and O–H groups in total. The highest BCUT2D eigenvalue weighted by molar-refractivity contribution is 5.80. The van der Waals surface area contributed by atoms with E-state index in [1.165, 1.54) is 0 Å². The van der Waals surface area contributed by atoms with E-state index < -0.39 is 5.60 Å². The van der Waals surface area contributed by atoms with Gasteiger partial charge in [0.2, 0.25) is 5.65 Å². The predicted octanol–water partition coefficient (Wildman–Crippen LogP) is 1.43. The Morgan fingerprint density at radius 3 is 2.55 bits per heavy atom. The standard InChI is InChI=1S/C19H28N6O4/c1-19(2,3)29-18(27)24-8-6-23(7-9-24)17-22-15-14(28-17)10-13(20)16(21-15)25-5-4-12(26)11-25/h10,12,26H,4-9,11,20H2,1-3H3/t12-/m0/s1. The molecule has 2 aromatic rings. The Kier molecular flexibility index (Phi) is 4.89. The Labute approximate surface area is 169 Å². The zero-order valence-corrected chi connectivity index (χ0v) is 17.1. The SMILES string of the molecule is CC(C)(C)OC(=O)N1CCN(c2nc3nc(N4CC[C@H](O)C4)c(N)cc3o2)CC1. The van der Waals surface area contributed by atoms with E-state index in [-0.39, 0.29) is 12.2 Å². The molecule has 2 saturated heterocycles. The van der Waals surface area contributed by atoms with Gasteiger partial charge in [-0.1, -0.05) is 0 Å². The number of pyridine rings is 1. The number of aliphatic hydroxyl groups is 1. The minimum absolute atomic E-state index is 0.304. The molecule has 10 nitrogen and oxygen atoms in total. The van der Waals surface area contributed by atoms with Crippen LogP contribution in [0.2, 0.25) is 0 Å². The van der Waals surface area contributed by atoms with Crippen LogP contribution in [0.4, 0.5) is 22.3 Å². The topological polar surface area (TPSA) is 121 Å². The van der Waals surface area contributed by atoms with E-state index >= 15 is 0 Å². The van der Waals surface area contributed by atoms with Crippen LogP contribution in [0.1, 0.15) is 27.2 Å². The Hall–Kier alpha value is -2.75. The molecule has 1 atom stereocenters. The first-order valence-electron chi connectivity index (χ1n) is 9.92. The number of aromatic nitrogens is 2. The van der Waals surface area contributed by atoms with Gasteiger partial charge in [-0.15, -0.1) is 0 Å². The van der Waals surface area contributed by atoms with Crippen LogP contribution in [0.3, 0.4) is 0 Å². The molecule has 0 spiro atoms. The summed E-state index contributed by atoms with van der Waals surface area (Å²) in [7, 11) is 0. The first kappa shape index (κ1) is 19.6. The molecule has 158 valence electrons. The van der Waals surface area contributed by atoms with Crippen molar-refractivity contribution in [3.63, 3.8) is 0 Å². The molecule has 0 unspecified atom stereocenters. The number of hydrogen-bond donors (Lipinski definition) is 2. The number of aliphatic hydroxyl groups excluding tert-OH is 1. The number of hydrogen-bond acceptors (Lipinski definition) is 9. The number of piperazine rings is 1. The number of anilines is 3. The van der Waals surface area contributed by atoms with Crippen LogP contribution in [-0.4, -0.2) is 77.0 Å². The van der Waals surface area contributed by atoms with Gasteiger partial charge in [0, 0.05) is 45.3 Å². The summed E-state index contributed by atoms with van der Waals surface area (Å²) >= 11 is 0. The Morgan fingerprint density at radius 1 is 1.21 bits per heavy atom. The molecule has 29 heavy (non-hydrogen) atoms. The smallest absolute Gasteiger partial charge is 0.410 e. The fourth-order valence-electron chi connectivity index (χ4n) is 3.59. The van der Waals surface area contributed by atoms with Gasteiger partial charge in [0.1, 0.15) is 5.60 Å². The van der Waals surface area contributed by atoms with Crippen LogP contribution in [0, 0.1) is 0 Å². The molecule has 2 aliphatic rings. The third kappa shape index (κ3) is 4.16. The van der Waals surface area contributed by atoms with Gasteiger partial charge in [-0.05, 0) is 27.2 Å². The lowest BCUT2D eigenvalue weighted by Gasteiger charge is -2.34. The lowest BCUT2D eigenvalue weighted by Crippen LogP contribution is -2.50. The molecule has 0 aromatic carbocycles. The lowest BCUT2D eigenvalue weighted by molar-refractivity contribution is 0.0239. The van der Waals surface area contributed by atoms with Gasteiger partial charge in [-0.3, -0.25) is 0 Å². The summed E-state index contributed by atoms with van der Waals surface area (Å²) in [6, 6.07) is 2.20.